The van der Waals surface area contributed by atoms with Crippen LogP contribution in [0, 0.1) is 0 Å². The normalized spacial score (nSPS) is 14.5. The Kier molecular flexibility index (Phi) is 3.37. The standard InChI is InChI=1S/C16H17N3O/c17-15-7-8-18-10-14(15)16(20)19-9-3-6-12-4-1-2-5-13(12)11-19/h1-2,4-5,7-8,10H,3,6,9,11H2,(H2,17,18). The van der Waals surface area contributed by atoms with E-state index in [1.54, 1.807) is 18.5 Å². The molecule has 1 aromatic heterocycles. The Morgan fingerprint density at radius 1 is 1.20 bits per heavy atom. The maximum absolute atomic E-state index is 12.6. The van der Waals surface area contributed by atoms with E-state index < -0.39 is 0 Å². The monoisotopic (exact) mass is 267 g/mol. The number of carbonyl (C=O) groups excluding carboxylic acids is 1. The van der Waals surface area contributed by atoms with Crippen molar-refractivity contribution >= 4 is 11.6 Å². The van der Waals surface area contributed by atoms with E-state index in [4.69, 9.17) is 5.73 Å². The first-order valence-corrected chi connectivity index (χ1v) is 6.81. The highest BCUT2D eigenvalue weighted by Gasteiger charge is 2.21. The lowest BCUT2D eigenvalue weighted by Gasteiger charge is -2.21. The van der Waals surface area contributed by atoms with Gasteiger partial charge >= 0.3 is 0 Å². The number of aromatic nitrogens is 1. The highest BCUT2D eigenvalue weighted by atomic mass is 16.2. The summed E-state index contributed by atoms with van der Waals surface area (Å²) in [5.74, 6) is -0.0349. The van der Waals surface area contributed by atoms with Crippen LogP contribution in [0.1, 0.15) is 27.9 Å². The summed E-state index contributed by atoms with van der Waals surface area (Å²) in [6.07, 6.45) is 5.14. The fourth-order valence-electron chi connectivity index (χ4n) is 2.63. The molecule has 4 heteroatoms. The summed E-state index contributed by atoms with van der Waals surface area (Å²) in [5.41, 5.74) is 9.41. The van der Waals surface area contributed by atoms with Gasteiger partial charge in [0.05, 0.1) is 5.56 Å². The lowest BCUT2D eigenvalue weighted by atomic mass is 10.0. The zero-order chi connectivity index (χ0) is 13.9. The second kappa shape index (κ2) is 5.33. The van der Waals surface area contributed by atoms with Crippen molar-refractivity contribution in [2.24, 2.45) is 0 Å². The number of hydrogen-bond donors (Lipinski definition) is 1. The summed E-state index contributed by atoms with van der Waals surface area (Å²) in [6, 6.07) is 9.97. The topological polar surface area (TPSA) is 59.2 Å². The minimum atomic E-state index is -0.0349. The molecule has 0 saturated heterocycles. The molecular weight excluding hydrogens is 250 g/mol. The van der Waals surface area contributed by atoms with Crippen molar-refractivity contribution in [1.82, 2.24) is 9.88 Å². The second-order valence-electron chi connectivity index (χ2n) is 5.06. The van der Waals surface area contributed by atoms with Crippen LogP contribution >= 0.6 is 0 Å². The highest BCUT2D eigenvalue weighted by molar-refractivity contribution is 5.98. The number of nitrogens with zero attached hydrogens (tertiary/aromatic N) is 2. The smallest absolute Gasteiger partial charge is 0.257 e. The number of nitrogen functional groups attached to an aromatic ring is 1. The van der Waals surface area contributed by atoms with E-state index in [0.717, 1.165) is 19.4 Å². The number of carbonyl (C=O) groups is 1. The number of anilines is 1. The third-order valence-electron chi connectivity index (χ3n) is 3.73. The van der Waals surface area contributed by atoms with Crippen molar-refractivity contribution < 1.29 is 4.79 Å². The average molecular weight is 267 g/mol. The SMILES string of the molecule is Nc1ccncc1C(=O)N1CCCc2ccccc2C1. The Balaban J connectivity index is 1.88. The molecular formula is C16H17N3O. The third-order valence-corrected chi connectivity index (χ3v) is 3.73. The van der Waals surface area contributed by atoms with Crippen LogP contribution in [0.15, 0.2) is 42.7 Å². The summed E-state index contributed by atoms with van der Waals surface area (Å²) in [7, 11) is 0. The van der Waals surface area contributed by atoms with Crippen molar-refractivity contribution in [3.8, 4) is 0 Å². The molecule has 20 heavy (non-hydrogen) atoms. The molecule has 1 aliphatic heterocycles. The van der Waals surface area contributed by atoms with Crippen LogP contribution in [0.5, 0.6) is 0 Å². The number of amides is 1. The molecule has 2 heterocycles. The van der Waals surface area contributed by atoms with Gasteiger partial charge in [-0.1, -0.05) is 24.3 Å². The first kappa shape index (κ1) is 12.7. The molecule has 0 aliphatic carbocycles. The van der Waals surface area contributed by atoms with Crippen molar-refractivity contribution in [3.63, 3.8) is 0 Å². The summed E-state index contributed by atoms with van der Waals surface area (Å²) in [4.78, 5) is 18.5. The first-order chi connectivity index (χ1) is 9.75. The van der Waals surface area contributed by atoms with Crippen LogP contribution in [0.4, 0.5) is 5.69 Å². The van der Waals surface area contributed by atoms with Gasteiger partial charge in [-0.25, -0.2) is 0 Å². The van der Waals surface area contributed by atoms with Gasteiger partial charge in [-0.05, 0) is 30.0 Å². The highest BCUT2D eigenvalue weighted by Crippen LogP contribution is 2.21. The Morgan fingerprint density at radius 2 is 2.00 bits per heavy atom. The predicted molar refractivity (Wildman–Crippen MR) is 78.2 cm³/mol. The number of rotatable bonds is 1. The van der Waals surface area contributed by atoms with Crippen LogP contribution in [-0.2, 0) is 13.0 Å². The molecule has 102 valence electrons. The van der Waals surface area contributed by atoms with Crippen molar-refractivity contribution in [2.75, 3.05) is 12.3 Å². The molecule has 1 aliphatic rings. The molecule has 4 nitrogen and oxygen atoms in total. The van der Waals surface area contributed by atoms with E-state index in [-0.39, 0.29) is 5.91 Å². The lowest BCUT2D eigenvalue weighted by molar-refractivity contribution is 0.0746. The molecule has 0 saturated carbocycles. The summed E-state index contributed by atoms with van der Waals surface area (Å²) in [5, 5.41) is 0. The van der Waals surface area contributed by atoms with Crippen molar-refractivity contribution in [3.05, 3.63) is 59.4 Å². The van der Waals surface area contributed by atoms with E-state index in [2.05, 4.69) is 23.2 Å². The molecule has 0 fully saturated rings. The Bertz CT molecular complexity index is 639. The number of nitrogens with two attached hydrogens (primary N) is 1. The average Bonchev–Trinajstić information content (AvgIpc) is 2.69. The van der Waals surface area contributed by atoms with E-state index in [9.17, 15) is 4.79 Å². The Labute approximate surface area is 118 Å². The fourth-order valence-corrected chi connectivity index (χ4v) is 2.63. The molecule has 0 bridgehead atoms. The van der Waals surface area contributed by atoms with Gasteiger partial charge in [0, 0.05) is 31.2 Å². The molecule has 2 N–H and O–H groups in total. The van der Waals surface area contributed by atoms with Gasteiger partial charge in [0.1, 0.15) is 0 Å². The van der Waals surface area contributed by atoms with E-state index in [1.807, 2.05) is 11.0 Å². The number of hydrogen-bond acceptors (Lipinski definition) is 3. The van der Waals surface area contributed by atoms with Gasteiger partial charge in [0.2, 0.25) is 0 Å². The molecule has 1 aromatic carbocycles. The minimum Gasteiger partial charge on any atom is -0.398 e. The van der Waals surface area contributed by atoms with Crippen LogP contribution < -0.4 is 5.73 Å². The van der Waals surface area contributed by atoms with E-state index in [0.29, 0.717) is 17.8 Å². The Hall–Kier alpha value is -2.36. The number of aryl methyl sites for hydroxylation is 1. The Morgan fingerprint density at radius 3 is 2.80 bits per heavy atom. The van der Waals surface area contributed by atoms with E-state index >= 15 is 0 Å². The van der Waals surface area contributed by atoms with Gasteiger partial charge in [0.25, 0.3) is 5.91 Å². The van der Waals surface area contributed by atoms with Gasteiger partial charge in [-0.15, -0.1) is 0 Å². The largest absolute Gasteiger partial charge is 0.398 e. The van der Waals surface area contributed by atoms with Gasteiger partial charge in [-0.3, -0.25) is 9.78 Å². The van der Waals surface area contributed by atoms with Crippen LogP contribution in [-0.4, -0.2) is 22.3 Å². The van der Waals surface area contributed by atoms with Gasteiger partial charge in [0.15, 0.2) is 0 Å². The maximum atomic E-state index is 12.6. The summed E-state index contributed by atoms with van der Waals surface area (Å²) >= 11 is 0. The summed E-state index contributed by atoms with van der Waals surface area (Å²) < 4.78 is 0. The molecule has 0 unspecified atom stereocenters. The molecule has 0 spiro atoms. The number of fused-ring (bicyclic) bond motifs is 1. The van der Waals surface area contributed by atoms with Gasteiger partial charge < -0.3 is 10.6 Å². The lowest BCUT2D eigenvalue weighted by Crippen LogP contribution is -2.31. The maximum Gasteiger partial charge on any atom is 0.257 e. The third kappa shape index (κ3) is 2.37. The molecule has 1 amide bonds. The summed E-state index contributed by atoms with van der Waals surface area (Å²) in [6.45, 7) is 1.39. The van der Waals surface area contributed by atoms with Crippen LogP contribution in [0.25, 0.3) is 0 Å². The first-order valence-electron chi connectivity index (χ1n) is 6.81. The minimum absolute atomic E-state index is 0.0349. The van der Waals surface area contributed by atoms with Crippen molar-refractivity contribution in [1.29, 1.82) is 0 Å². The molecule has 2 aromatic rings. The predicted octanol–water partition coefficient (Wildman–Crippen LogP) is 2.25. The molecule has 3 rings (SSSR count). The number of benzene rings is 1. The van der Waals surface area contributed by atoms with Crippen LogP contribution in [0.2, 0.25) is 0 Å². The van der Waals surface area contributed by atoms with Crippen molar-refractivity contribution in [2.45, 2.75) is 19.4 Å². The quantitative estimate of drug-likeness (QED) is 0.862. The number of pyridine rings is 1. The van der Waals surface area contributed by atoms with Crippen LogP contribution in [0.3, 0.4) is 0 Å². The molecule has 0 radical (unpaired) electrons. The van der Waals surface area contributed by atoms with E-state index in [1.165, 1.54) is 11.1 Å². The van der Waals surface area contributed by atoms with Gasteiger partial charge in [-0.2, -0.15) is 0 Å². The fraction of sp³-hybridized carbons (Fsp3) is 0.250. The zero-order valence-corrected chi connectivity index (χ0v) is 11.2. The molecule has 0 atom stereocenters. The second-order valence-corrected chi connectivity index (χ2v) is 5.06. The zero-order valence-electron chi connectivity index (χ0n) is 11.2.